The van der Waals surface area contributed by atoms with E-state index in [1.54, 1.807) is 42.2 Å². The third-order valence-corrected chi connectivity index (χ3v) is 3.84. The Labute approximate surface area is 159 Å². The molecular weight excluding hydrogens is 344 g/mol. The van der Waals surface area contributed by atoms with Gasteiger partial charge in [0.25, 0.3) is 5.91 Å². The zero-order valence-electron chi connectivity index (χ0n) is 16.1. The van der Waals surface area contributed by atoms with Crippen LogP contribution in [0.25, 0.3) is 0 Å². The fraction of sp³-hybridized carbons (Fsp3) is 0.400. The molecule has 0 aliphatic heterocycles. The molecule has 1 amide bonds. The van der Waals surface area contributed by atoms with E-state index in [9.17, 15) is 9.59 Å². The third kappa shape index (κ3) is 5.51. The van der Waals surface area contributed by atoms with Crippen molar-refractivity contribution in [2.75, 3.05) is 25.0 Å². The van der Waals surface area contributed by atoms with Gasteiger partial charge in [0.2, 0.25) is 0 Å². The molecule has 0 aliphatic rings. The fourth-order valence-electron chi connectivity index (χ4n) is 2.65. The number of nitrogens with one attached hydrogen (secondary N) is 1. The Morgan fingerprint density at radius 3 is 2.30 bits per heavy atom. The lowest BCUT2D eigenvalue weighted by Crippen LogP contribution is -2.33. The molecule has 0 unspecified atom stereocenters. The first-order valence-electron chi connectivity index (χ1n) is 9.26. The number of hydrogen-bond acceptors (Lipinski definition) is 6. The van der Waals surface area contributed by atoms with E-state index >= 15 is 0 Å². The van der Waals surface area contributed by atoms with Gasteiger partial charge in [0.05, 0.1) is 17.9 Å². The number of ether oxygens (including phenoxy) is 1. The van der Waals surface area contributed by atoms with E-state index in [2.05, 4.69) is 15.5 Å². The second-order valence-corrected chi connectivity index (χ2v) is 5.99. The summed E-state index contributed by atoms with van der Waals surface area (Å²) in [5, 5.41) is 11.2. The summed E-state index contributed by atoms with van der Waals surface area (Å²) in [6.07, 6.45) is 1.78. The molecule has 0 bridgehead atoms. The summed E-state index contributed by atoms with van der Waals surface area (Å²) in [7, 11) is 0. The first-order valence-corrected chi connectivity index (χ1v) is 9.26. The second-order valence-electron chi connectivity index (χ2n) is 5.99. The average Bonchev–Trinajstić information content (AvgIpc) is 2.68. The van der Waals surface area contributed by atoms with Crippen molar-refractivity contribution in [3.63, 3.8) is 0 Å². The molecule has 0 radical (unpaired) electrons. The number of carbonyl (C=O) groups is 2. The Hall–Kier alpha value is -2.96. The number of nitrogens with zero attached hydrogens (tertiary/aromatic N) is 3. The molecule has 7 heteroatoms. The predicted octanol–water partition coefficient (Wildman–Crippen LogP) is 3.66. The molecule has 144 valence electrons. The van der Waals surface area contributed by atoms with Crippen molar-refractivity contribution in [1.82, 2.24) is 15.1 Å². The van der Waals surface area contributed by atoms with Crippen LogP contribution < -0.4 is 5.32 Å². The Kier molecular flexibility index (Phi) is 7.73. The highest BCUT2D eigenvalue weighted by molar-refractivity contribution is 5.96. The lowest BCUT2D eigenvalue weighted by molar-refractivity contribution is 0.0527. The number of anilines is 2. The average molecular weight is 370 g/mol. The molecule has 0 aliphatic carbocycles. The lowest BCUT2D eigenvalue weighted by atomic mass is 10.2. The summed E-state index contributed by atoms with van der Waals surface area (Å²) in [6, 6.07) is 10.3. The van der Waals surface area contributed by atoms with E-state index < -0.39 is 5.97 Å². The monoisotopic (exact) mass is 370 g/mol. The Bertz CT molecular complexity index is 756. The van der Waals surface area contributed by atoms with Gasteiger partial charge < -0.3 is 15.0 Å². The van der Waals surface area contributed by atoms with Crippen molar-refractivity contribution in [3.8, 4) is 0 Å². The molecule has 7 nitrogen and oxygen atoms in total. The van der Waals surface area contributed by atoms with E-state index in [1.165, 1.54) is 0 Å². The smallest absolute Gasteiger partial charge is 0.340 e. The number of hydrogen-bond donors (Lipinski definition) is 1. The fourth-order valence-corrected chi connectivity index (χ4v) is 2.65. The van der Waals surface area contributed by atoms with Crippen molar-refractivity contribution < 1.29 is 14.3 Å². The van der Waals surface area contributed by atoms with Gasteiger partial charge in [0.15, 0.2) is 11.5 Å². The molecule has 0 saturated heterocycles. The normalized spacial score (nSPS) is 10.3. The molecule has 0 spiro atoms. The topological polar surface area (TPSA) is 84.4 Å². The quantitative estimate of drug-likeness (QED) is 0.678. The van der Waals surface area contributed by atoms with Gasteiger partial charge in [-0.25, -0.2) is 4.79 Å². The van der Waals surface area contributed by atoms with E-state index in [-0.39, 0.29) is 5.91 Å². The molecular formula is C20H26N4O3. The SMILES string of the molecule is CCCN(CCC)C(=O)c1ccc(Nc2ccccc2C(=O)OCC)nn1. The summed E-state index contributed by atoms with van der Waals surface area (Å²) < 4.78 is 5.06. The third-order valence-electron chi connectivity index (χ3n) is 3.84. The second kappa shape index (κ2) is 10.3. The van der Waals surface area contributed by atoms with Crippen molar-refractivity contribution in [1.29, 1.82) is 0 Å². The van der Waals surface area contributed by atoms with Gasteiger partial charge in [-0.05, 0) is 44.0 Å². The van der Waals surface area contributed by atoms with E-state index in [4.69, 9.17) is 4.74 Å². The molecule has 0 fully saturated rings. The van der Waals surface area contributed by atoms with Crippen LogP contribution in [0.3, 0.4) is 0 Å². The van der Waals surface area contributed by atoms with Gasteiger partial charge in [0.1, 0.15) is 0 Å². The Morgan fingerprint density at radius 1 is 1.00 bits per heavy atom. The van der Waals surface area contributed by atoms with Crippen LogP contribution in [0.5, 0.6) is 0 Å². The first kappa shape index (κ1) is 20.4. The molecule has 27 heavy (non-hydrogen) atoms. The molecule has 2 rings (SSSR count). The Balaban J connectivity index is 2.14. The maximum absolute atomic E-state index is 12.6. The molecule has 1 heterocycles. The van der Waals surface area contributed by atoms with Gasteiger partial charge >= 0.3 is 5.97 Å². The van der Waals surface area contributed by atoms with Crippen LogP contribution >= 0.6 is 0 Å². The summed E-state index contributed by atoms with van der Waals surface area (Å²) in [5.41, 5.74) is 1.29. The highest BCUT2D eigenvalue weighted by Crippen LogP contribution is 2.20. The molecule has 2 aromatic rings. The first-order chi connectivity index (χ1) is 13.1. The standard InChI is InChI=1S/C20H26N4O3/c1-4-13-24(14-5-2)19(25)17-11-12-18(23-22-17)21-16-10-8-7-9-15(16)20(26)27-6-3/h7-12H,4-6,13-14H2,1-3H3,(H,21,23). The Morgan fingerprint density at radius 2 is 1.70 bits per heavy atom. The number of amides is 1. The largest absolute Gasteiger partial charge is 0.462 e. The van der Waals surface area contributed by atoms with Crippen LogP contribution in [0.15, 0.2) is 36.4 Å². The van der Waals surface area contributed by atoms with E-state index in [1.807, 2.05) is 19.9 Å². The van der Waals surface area contributed by atoms with Gasteiger partial charge in [-0.15, -0.1) is 10.2 Å². The van der Waals surface area contributed by atoms with Gasteiger partial charge in [-0.3, -0.25) is 4.79 Å². The number of para-hydroxylation sites is 1. The summed E-state index contributed by atoms with van der Waals surface area (Å²) in [6.45, 7) is 7.53. The van der Waals surface area contributed by atoms with Crippen molar-refractivity contribution in [3.05, 3.63) is 47.7 Å². The minimum atomic E-state index is -0.407. The van der Waals surface area contributed by atoms with Gasteiger partial charge in [-0.2, -0.15) is 0 Å². The van der Waals surface area contributed by atoms with Crippen LogP contribution in [0.4, 0.5) is 11.5 Å². The van der Waals surface area contributed by atoms with Crippen LogP contribution in [0, 0.1) is 0 Å². The van der Waals surface area contributed by atoms with Crippen LogP contribution in [0.1, 0.15) is 54.5 Å². The number of benzene rings is 1. The van der Waals surface area contributed by atoms with E-state index in [0.717, 1.165) is 12.8 Å². The molecule has 0 saturated carbocycles. The minimum Gasteiger partial charge on any atom is -0.462 e. The number of carbonyl (C=O) groups excluding carboxylic acids is 2. The summed E-state index contributed by atoms with van der Waals surface area (Å²) in [4.78, 5) is 26.4. The maximum Gasteiger partial charge on any atom is 0.340 e. The molecule has 1 N–H and O–H groups in total. The molecule has 1 aromatic heterocycles. The predicted molar refractivity (Wildman–Crippen MR) is 104 cm³/mol. The van der Waals surface area contributed by atoms with Crippen molar-refractivity contribution >= 4 is 23.4 Å². The minimum absolute atomic E-state index is 0.121. The van der Waals surface area contributed by atoms with Crippen molar-refractivity contribution in [2.45, 2.75) is 33.6 Å². The van der Waals surface area contributed by atoms with Crippen molar-refractivity contribution in [2.24, 2.45) is 0 Å². The number of aromatic nitrogens is 2. The highest BCUT2D eigenvalue weighted by atomic mass is 16.5. The van der Waals surface area contributed by atoms with Crippen LogP contribution in [-0.4, -0.2) is 46.7 Å². The highest BCUT2D eigenvalue weighted by Gasteiger charge is 2.17. The lowest BCUT2D eigenvalue weighted by Gasteiger charge is -2.20. The van der Waals surface area contributed by atoms with Crippen LogP contribution in [0.2, 0.25) is 0 Å². The molecule has 1 aromatic carbocycles. The maximum atomic E-state index is 12.6. The zero-order chi connectivity index (χ0) is 19.6. The van der Waals surface area contributed by atoms with Gasteiger partial charge in [0, 0.05) is 13.1 Å². The number of esters is 1. The van der Waals surface area contributed by atoms with E-state index in [0.29, 0.717) is 42.5 Å². The molecule has 0 atom stereocenters. The summed E-state index contributed by atoms with van der Waals surface area (Å²) >= 11 is 0. The van der Waals surface area contributed by atoms with Crippen LogP contribution in [-0.2, 0) is 4.74 Å². The number of rotatable bonds is 9. The summed E-state index contributed by atoms with van der Waals surface area (Å²) in [5.74, 6) is -0.0827. The zero-order valence-corrected chi connectivity index (χ0v) is 16.1. The van der Waals surface area contributed by atoms with Gasteiger partial charge in [-0.1, -0.05) is 26.0 Å².